The second-order valence-electron chi connectivity index (χ2n) is 5.05. The van der Waals surface area contributed by atoms with E-state index in [1.807, 2.05) is 18.2 Å². The van der Waals surface area contributed by atoms with Crippen molar-refractivity contribution in [1.29, 1.82) is 0 Å². The highest BCUT2D eigenvalue weighted by molar-refractivity contribution is 14.1. The molecule has 0 fully saturated rings. The molecular weight excluding hydrogens is 466 g/mol. The normalized spacial score (nSPS) is 11.0. The molecule has 0 saturated heterocycles. The van der Waals surface area contributed by atoms with Gasteiger partial charge >= 0.3 is 0 Å². The van der Waals surface area contributed by atoms with Crippen LogP contribution in [-0.4, -0.2) is 17.1 Å². The smallest absolute Gasteiger partial charge is 0.161 e. The lowest BCUT2D eigenvalue weighted by molar-refractivity contribution is 0.412. The maximum Gasteiger partial charge on any atom is 0.161 e. The van der Waals surface area contributed by atoms with Crippen LogP contribution >= 0.6 is 50.1 Å². The number of benzene rings is 1. The Morgan fingerprint density at radius 1 is 1.33 bits per heavy atom. The third-order valence-electron chi connectivity index (χ3n) is 2.89. The number of hydrogen-bond donors (Lipinski definition) is 0. The molecule has 0 saturated carbocycles. The van der Waals surface area contributed by atoms with Crippen molar-refractivity contribution < 1.29 is 4.74 Å². The predicted molar refractivity (Wildman–Crippen MR) is 98.0 cm³/mol. The number of aromatic nitrogens is 2. The molecule has 0 aliphatic heterocycles. The molecule has 0 N–H and O–H groups in total. The number of nitrogens with zero attached hydrogens (tertiary/aromatic N) is 2. The third-order valence-corrected chi connectivity index (χ3v) is 5.24. The van der Waals surface area contributed by atoms with Gasteiger partial charge in [-0.3, -0.25) is 0 Å². The van der Waals surface area contributed by atoms with E-state index in [0.717, 1.165) is 31.5 Å². The highest BCUT2D eigenvalue weighted by Crippen LogP contribution is 2.31. The van der Waals surface area contributed by atoms with Crippen molar-refractivity contribution in [2.75, 3.05) is 7.11 Å². The molecule has 0 unspecified atom stereocenters. The molecule has 1 heterocycles. The molecule has 6 heteroatoms. The van der Waals surface area contributed by atoms with Crippen LogP contribution in [0.2, 0.25) is 5.15 Å². The van der Waals surface area contributed by atoms with Crippen LogP contribution in [0.4, 0.5) is 0 Å². The second-order valence-corrected chi connectivity index (χ2v) is 7.34. The van der Waals surface area contributed by atoms with E-state index in [1.165, 1.54) is 0 Å². The lowest BCUT2D eigenvalue weighted by Gasteiger charge is -2.11. The van der Waals surface area contributed by atoms with Crippen molar-refractivity contribution in [2.45, 2.75) is 20.3 Å². The highest BCUT2D eigenvalue weighted by atomic mass is 127. The van der Waals surface area contributed by atoms with Gasteiger partial charge in [0, 0.05) is 5.56 Å². The quantitative estimate of drug-likeness (QED) is 0.435. The van der Waals surface area contributed by atoms with Gasteiger partial charge in [-0.1, -0.05) is 25.4 Å². The van der Waals surface area contributed by atoms with Gasteiger partial charge in [-0.2, -0.15) is 0 Å². The average molecular weight is 482 g/mol. The molecule has 2 aromatic rings. The zero-order valence-electron chi connectivity index (χ0n) is 12.0. The summed E-state index contributed by atoms with van der Waals surface area (Å²) in [6, 6.07) is 5.76. The van der Waals surface area contributed by atoms with Crippen LogP contribution in [0, 0.1) is 9.49 Å². The van der Waals surface area contributed by atoms with E-state index in [2.05, 4.69) is 62.3 Å². The first-order valence-electron chi connectivity index (χ1n) is 6.48. The molecule has 112 valence electrons. The summed E-state index contributed by atoms with van der Waals surface area (Å²) in [5, 5.41) is 0.503. The molecule has 1 aromatic heterocycles. The van der Waals surface area contributed by atoms with Crippen LogP contribution in [-0.2, 0) is 6.42 Å². The summed E-state index contributed by atoms with van der Waals surface area (Å²) in [5.74, 6) is 1.93. The molecule has 0 bridgehead atoms. The third kappa shape index (κ3) is 4.07. The Labute approximate surface area is 151 Å². The summed E-state index contributed by atoms with van der Waals surface area (Å²) in [5.41, 5.74) is 1.90. The number of hydrogen-bond acceptors (Lipinski definition) is 3. The second kappa shape index (κ2) is 7.24. The molecule has 0 amide bonds. The largest absolute Gasteiger partial charge is 0.496 e. The van der Waals surface area contributed by atoms with E-state index in [0.29, 0.717) is 16.9 Å². The van der Waals surface area contributed by atoms with Crippen molar-refractivity contribution in [3.05, 3.63) is 37.1 Å². The van der Waals surface area contributed by atoms with Crippen LogP contribution in [0.25, 0.3) is 11.4 Å². The van der Waals surface area contributed by atoms with Gasteiger partial charge in [0.1, 0.15) is 10.9 Å². The molecule has 3 nitrogen and oxygen atoms in total. The zero-order chi connectivity index (χ0) is 15.6. The van der Waals surface area contributed by atoms with Crippen molar-refractivity contribution in [3.8, 4) is 17.1 Å². The van der Waals surface area contributed by atoms with E-state index in [1.54, 1.807) is 7.11 Å². The van der Waals surface area contributed by atoms with Crippen LogP contribution in [0.3, 0.4) is 0 Å². The fourth-order valence-corrected chi connectivity index (χ4v) is 3.11. The Hall–Kier alpha value is -0.400. The Balaban J connectivity index is 2.49. The van der Waals surface area contributed by atoms with Crippen molar-refractivity contribution >= 4 is 50.1 Å². The fraction of sp³-hybridized carbons (Fsp3) is 0.333. The standard InChI is InChI=1S/C15H15BrClIN2O/c1-8(2)6-11-13(18)14(17)20-15(19-11)9-4-5-12(21-3)10(16)7-9/h4-5,7-8H,6H2,1-3H3. The molecular formula is C15H15BrClIN2O. The lowest BCUT2D eigenvalue weighted by atomic mass is 10.1. The Bertz CT molecular complexity index is 664. The summed E-state index contributed by atoms with van der Waals surface area (Å²) >= 11 is 11.9. The molecule has 21 heavy (non-hydrogen) atoms. The summed E-state index contributed by atoms with van der Waals surface area (Å²) in [6.07, 6.45) is 0.880. The van der Waals surface area contributed by atoms with Gasteiger partial charge in [-0.05, 0) is 69.1 Å². The number of rotatable bonds is 4. The minimum Gasteiger partial charge on any atom is -0.496 e. The zero-order valence-corrected chi connectivity index (χ0v) is 16.5. The van der Waals surface area contributed by atoms with E-state index < -0.39 is 0 Å². The molecule has 0 aliphatic carbocycles. The maximum atomic E-state index is 6.26. The molecule has 0 spiro atoms. The monoisotopic (exact) mass is 480 g/mol. The topological polar surface area (TPSA) is 35.0 Å². The van der Waals surface area contributed by atoms with E-state index in [9.17, 15) is 0 Å². The minimum absolute atomic E-state index is 0.503. The first kappa shape index (κ1) is 17.0. The van der Waals surface area contributed by atoms with Gasteiger partial charge in [0.25, 0.3) is 0 Å². The van der Waals surface area contributed by atoms with E-state index in [4.69, 9.17) is 16.3 Å². The molecule has 0 radical (unpaired) electrons. The Kier molecular flexibility index (Phi) is 5.85. The highest BCUT2D eigenvalue weighted by Gasteiger charge is 2.14. The maximum absolute atomic E-state index is 6.26. The predicted octanol–water partition coefficient (Wildman–Crippen LogP) is 5.37. The lowest BCUT2D eigenvalue weighted by Crippen LogP contribution is -2.04. The fourth-order valence-electron chi connectivity index (χ4n) is 1.92. The summed E-state index contributed by atoms with van der Waals surface area (Å²) < 4.78 is 7.04. The SMILES string of the molecule is COc1ccc(-c2nc(Cl)c(I)c(CC(C)C)n2)cc1Br. The van der Waals surface area contributed by atoms with Crippen LogP contribution in [0.1, 0.15) is 19.5 Å². The minimum atomic E-state index is 0.503. The first-order valence-corrected chi connectivity index (χ1v) is 8.73. The van der Waals surface area contributed by atoms with Crippen LogP contribution in [0.5, 0.6) is 5.75 Å². The van der Waals surface area contributed by atoms with Gasteiger partial charge in [0.05, 0.1) is 20.8 Å². The molecule has 2 rings (SSSR count). The Morgan fingerprint density at radius 3 is 2.62 bits per heavy atom. The average Bonchev–Trinajstić information content (AvgIpc) is 2.43. The molecule has 0 atom stereocenters. The Morgan fingerprint density at radius 2 is 2.05 bits per heavy atom. The summed E-state index contributed by atoms with van der Waals surface area (Å²) in [6.45, 7) is 4.32. The number of halogens is 3. The van der Waals surface area contributed by atoms with Gasteiger partial charge in [-0.25, -0.2) is 9.97 Å². The van der Waals surface area contributed by atoms with Crippen molar-refractivity contribution in [2.24, 2.45) is 5.92 Å². The van der Waals surface area contributed by atoms with Gasteiger partial charge in [-0.15, -0.1) is 0 Å². The first-order chi connectivity index (χ1) is 9.92. The number of ether oxygens (including phenoxy) is 1. The van der Waals surface area contributed by atoms with E-state index in [-0.39, 0.29) is 0 Å². The van der Waals surface area contributed by atoms with Crippen LogP contribution < -0.4 is 4.74 Å². The van der Waals surface area contributed by atoms with Crippen molar-refractivity contribution in [3.63, 3.8) is 0 Å². The molecule has 1 aromatic carbocycles. The van der Waals surface area contributed by atoms with Gasteiger partial charge in [0.15, 0.2) is 5.82 Å². The van der Waals surface area contributed by atoms with Crippen LogP contribution in [0.15, 0.2) is 22.7 Å². The number of methoxy groups -OCH3 is 1. The summed E-state index contributed by atoms with van der Waals surface area (Å²) in [4.78, 5) is 9.07. The van der Waals surface area contributed by atoms with E-state index >= 15 is 0 Å². The molecule has 0 aliphatic rings. The van der Waals surface area contributed by atoms with Crippen molar-refractivity contribution in [1.82, 2.24) is 9.97 Å². The van der Waals surface area contributed by atoms with Gasteiger partial charge in [0.2, 0.25) is 0 Å². The van der Waals surface area contributed by atoms with Gasteiger partial charge < -0.3 is 4.74 Å². The summed E-state index contributed by atoms with van der Waals surface area (Å²) in [7, 11) is 1.64.